The highest BCUT2D eigenvalue weighted by atomic mass is 35.5. The molecule has 1 aromatic heterocycles. The number of aromatic nitrogens is 3. The summed E-state index contributed by atoms with van der Waals surface area (Å²) in [5.41, 5.74) is 3.29. The molecule has 88 valence electrons. The third-order valence-electron chi connectivity index (χ3n) is 2.34. The lowest BCUT2D eigenvalue weighted by molar-refractivity contribution is 1.05. The summed E-state index contributed by atoms with van der Waals surface area (Å²) in [5.74, 6) is 0.332. The monoisotopic (exact) mass is 268 g/mol. The van der Waals surface area contributed by atoms with E-state index in [1.807, 2.05) is 25.1 Å². The van der Waals surface area contributed by atoms with Crippen LogP contribution >= 0.6 is 23.2 Å². The van der Waals surface area contributed by atoms with E-state index < -0.39 is 0 Å². The van der Waals surface area contributed by atoms with Gasteiger partial charge in [-0.3, -0.25) is 0 Å². The number of nitrogens with one attached hydrogen (secondary N) is 1. The average Bonchev–Trinajstić information content (AvgIpc) is 2.22. The van der Waals surface area contributed by atoms with Crippen molar-refractivity contribution in [3.63, 3.8) is 0 Å². The van der Waals surface area contributed by atoms with Gasteiger partial charge in [-0.25, -0.2) is 0 Å². The zero-order valence-electron chi connectivity index (χ0n) is 9.33. The van der Waals surface area contributed by atoms with Gasteiger partial charge in [0, 0.05) is 5.69 Å². The Morgan fingerprint density at radius 2 is 1.59 bits per heavy atom. The number of hydrogen-bond donors (Lipinski definition) is 1. The Balaban J connectivity index is 2.28. The summed E-state index contributed by atoms with van der Waals surface area (Å²) < 4.78 is 0. The molecule has 0 saturated heterocycles. The van der Waals surface area contributed by atoms with Crippen molar-refractivity contribution in [2.75, 3.05) is 5.32 Å². The second-order valence-electron chi connectivity index (χ2n) is 3.62. The predicted molar refractivity (Wildman–Crippen MR) is 69.0 cm³/mol. The highest BCUT2D eigenvalue weighted by Gasteiger charge is 2.04. The Labute approximate surface area is 109 Å². The van der Waals surface area contributed by atoms with Gasteiger partial charge in [-0.15, -0.1) is 0 Å². The summed E-state index contributed by atoms with van der Waals surface area (Å²) >= 11 is 11.4. The van der Waals surface area contributed by atoms with Gasteiger partial charge in [0.05, 0.1) is 0 Å². The van der Waals surface area contributed by atoms with Crippen molar-refractivity contribution < 1.29 is 0 Å². The van der Waals surface area contributed by atoms with Crippen molar-refractivity contribution in [1.29, 1.82) is 0 Å². The van der Waals surface area contributed by atoms with E-state index in [0.717, 1.165) is 5.69 Å². The molecule has 2 aromatic rings. The summed E-state index contributed by atoms with van der Waals surface area (Å²) in [6, 6.07) is 5.96. The van der Waals surface area contributed by atoms with Crippen molar-refractivity contribution in [3.05, 3.63) is 39.9 Å². The average molecular weight is 269 g/mol. The van der Waals surface area contributed by atoms with Gasteiger partial charge in [0.25, 0.3) is 0 Å². The molecule has 0 saturated carbocycles. The van der Waals surface area contributed by atoms with Crippen molar-refractivity contribution in [2.45, 2.75) is 13.8 Å². The molecule has 0 aliphatic carbocycles. The molecule has 1 N–H and O–H groups in total. The third-order valence-corrected chi connectivity index (χ3v) is 2.68. The SMILES string of the molecule is Cc1ccc(Nc2nc(Cl)nc(Cl)n2)cc1C. The molecule has 0 radical (unpaired) electrons. The first-order valence-electron chi connectivity index (χ1n) is 4.96. The van der Waals surface area contributed by atoms with E-state index in [-0.39, 0.29) is 10.6 Å². The Morgan fingerprint density at radius 3 is 2.18 bits per heavy atom. The van der Waals surface area contributed by atoms with Crippen molar-refractivity contribution in [2.24, 2.45) is 0 Å². The first-order chi connectivity index (χ1) is 8.04. The smallest absolute Gasteiger partial charge is 0.232 e. The van der Waals surface area contributed by atoms with Crippen LogP contribution in [-0.4, -0.2) is 15.0 Å². The number of benzene rings is 1. The molecule has 0 fully saturated rings. The van der Waals surface area contributed by atoms with Crippen LogP contribution in [-0.2, 0) is 0 Å². The number of rotatable bonds is 2. The third kappa shape index (κ3) is 3.05. The molecule has 6 heteroatoms. The molecule has 1 heterocycles. The lowest BCUT2D eigenvalue weighted by Gasteiger charge is -2.07. The van der Waals surface area contributed by atoms with Gasteiger partial charge in [0.15, 0.2) is 0 Å². The maximum Gasteiger partial charge on any atom is 0.232 e. The van der Waals surface area contributed by atoms with E-state index in [9.17, 15) is 0 Å². The lowest BCUT2D eigenvalue weighted by atomic mass is 10.1. The summed E-state index contributed by atoms with van der Waals surface area (Å²) in [7, 11) is 0. The van der Waals surface area contributed by atoms with Gasteiger partial charge in [-0.1, -0.05) is 6.07 Å². The molecule has 0 bridgehead atoms. The Hall–Kier alpha value is -1.39. The van der Waals surface area contributed by atoms with Crippen LogP contribution in [0.2, 0.25) is 10.6 Å². The van der Waals surface area contributed by atoms with Gasteiger partial charge < -0.3 is 5.32 Å². The summed E-state index contributed by atoms with van der Waals surface area (Å²) in [5, 5.41) is 3.15. The highest BCUT2D eigenvalue weighted by molar-refractivity contribution is 6.31. The number of nitrogens with zero attached hydrogens (tertiary/aromatic N) is 3. The van der Waals surface area contributed by atoms with E-state index in [4.69, 9.17) is 23.2 Å². The van der Waals surface area contributed by atoms with Gasteiger partial charge in [-0.05, 0) is 60.3 Å². The van der Waals surface area contributed by atoms with Gasteiger partial charge >= 0.3 is 0 Å². The van der Waals surface area contributed by atoms with Crippen LogP contribution in [0.4, 0.5) is 11.6 Å². The lowest BCUT2D eigenvalue weighted by Crippen LogP contribution is -1.99. The van der Waals surface area contributed by atoms with E-state index in [1.165, 1.54) is 11.1 Å². The normalized spacial score (nSPS) is 10.4. The summed E-state index contributed by atoms with van der Waals surface area (Å²) in [6.45, 7) is 4.09. The second-order valence-corrected chi connectivity index (χ2v) is 4.30. The largest absolute Gasteiger partial charge is 0.324 e. The Morgan fingerprint density at radius 1 is 0.941 bits per heavy atom. The molecule has 0 amide bonds. The zero-order chi connectivity index (χ0) is 12.4. The van der Waals surface area contributed by atoms with Crippen molar-refractivity contribution in [1.82, 2.24) is 15.0 Å². The van der Waals surface area contributed by atoms with Crippen LogP contribution < -0.4 is 5.32 Å². The minimum absolute atomic E-state index is 0.0660. The van der Waals surface area contributed by atoms with Crippen LogP contribution in [0.5, 0.6) is 0 Å². The van der Waals surface area contributed by atoms with Crippen LogP contribution in [0.25, 0.3) is 0 Å². The standard InChI is InChI=1S/C11H10Cl2N4/c1-6-3-4-8(5-7(6)2)14-11-16-9(12)15-10(13)17-11/h3-5H,1-2H3,(H,14,15,16,17). The van der Waals surface area contributed by atoms with Crippen LogP contribution in [0.3, 0.4) is 0 Å². The molecule has 0 aliphatic heterocycles. The van der Waals surface area contributed by atoms with E-state index in [2.05, 4.69) is 27.2 Å². The molecule has 4 nitrogen and oxygen atoms in total. The minimum Gasteiger partial charge on any atom is -0.324 e. The zero-order valence-corrected chi connectivity index (χ0v) is 10.8. The Kier molecular flexibility index (Phi) is 3.45. The molecule has 1 aromatic carbocycles. The fourth-order valence-corrected chi connectivity index (χ4v) is 1.69. The van der Waals surface area contributed by atoms with Gasteiger partial charge in [-0.2, -0.15) is 15.0 Å². The van der Waals surface area contributed by atoms with Crippen molar-refractivity contribution in [3.8, 4) is 0 Å². The minimum atomic E-state index is 0.0660. The fourth-order valence-electron chi connectivity index (χ4n) is 1.33. The molecule has 0 aliphatic rings. The molecule has 0 atom stereocenters. The number of aryl methyl sites for hydroxylation is 2. The quantitative estimate of drug-likeness (QED) is 0.905. The van der Waals surface area contributed by atoms with Crippen LogP contribution in [0.1, 0.15) is 11.1 Å². The number of anilines is 2. The molecular weight excluding hydrogens is 259 g/mol. The maximum atomic E-state index is 5.69. The van der Waals surface area contributed by atoms with Crippen molar-refractivity contribution >= 4 is 34.8 Å². The molecule has 0 spiro atoms. The van der Waals surface area contributed by atoms with Crippen LogP contribution in [0, 0.1) is 13.8 Å². The van der Waals surface area contributed by atoms with E-state index in [0.29, 0.717) is 5.95 Å². The first kappa shape index (κ1) is 12.1. The molecule has 0 unspecified atom stereocenters. The number of halogens is 2. The highest BCUT2D eigenvalue weighted by Crippen LogP contribution is 2.18. The summed E-state index contributed by atoms with van der Waals surface area (Å²) in [6.07, 6.45) is 0. The van der Waals surface area contributed by atoms with E-state index >= 15 is 0 Å². The summed E-state index contributed by atoms with van der Waals surface area (Å²) in [4.78, 5) is 11.5. The van der Waals surface area contributed by atoms with Gasteiger partial charge in [0.2, 0.25) is 16.5 Å². The molecule has 2 rings (SSSR count). The fraction of sp³-hybridized carbons (Fsp3) is 0.182. The Bertz CT molecular complexity index is 537. The maximum absolute atomic E-state index is 5.69. The molecule has 17 heavy (non-hydrogen) atoms. The second kappa shape index (κ2) is 4.85. The van der Waals surface area contributed by atoms with E-state index in [1.54, 1.807) is 0 Å². The predicted octanol–water partition coefficient (Wildman–Crippen LogP) is 3.54. The molecular formula is C11H10Cl2N4. The first-order valence-corrected chi connectivity index (χ1v) is 5.71. The number of hydrogen-bond acceptors (Lipinski definition) is 4. The van der Waals surface area contributed by atoms with Gasteiger partial charge in [0.1, 0.15) is 0 Å². The van der Waals surface area contributed by atoms with Crippen LogP contribution in [0.15, 0.2) is 18.2 Å². The topological polar surface area (TPSA) is 50.7 Å².